The van der Waals surface area contributed by atoms with Gasteiger partial charge in [-0.15, -0.1) is 0 Å². The van der Waals surface area contributed by atoms with Gasteiger partial charge in [-0.2, -0.15) is 5.10 Å². The number of hydrogen-bond acceptors (Lipinski definition) is 5. The fourth-order valence-electron chi connectivity index (χ4n) is 1.14. The molecule has 0 spiro atoms. The highest BCUT2D eigenvalue weighted by molar-refractivity contribution is 5.31. The SMILES string of the molecule is CC(C)n1cc(Oc2ncc(N)cn2)cn1. The summed E-state index contributed by atoms with van der Waals surface area (Å²) in [5.41, 5.74) is 5.97. The van der Waals surface area contributed by atoms with Crippen LogP contribution in [0.3, 0.4) is 0 Å². The molecule has 0 aliphatic carbocycles. The smallest absolute Gasteiger partial charge is 0.322 e. The number of nitrogens with two attached hydrogens (primary N) is 1. The molecular formula is C10H13N5O. The van der Waals surface area contributed by atoms with Crippen LogP contribution in [0.4, 0.5) is 5.69 Å². The molecule has 0 atom stereocenters. The van der Waals surface area contributed by atoms with Crippen molar-refractivity contribution in [2.24, 2.45) is 0 Å². The van der Waals surface area contributed by atoms with Gasteiger partial charge in [0.15, 0.2) is 5.75 Å². The van der Waals surface area contributed by atoms with E-state index in [0.29, 0.717) is 17.5 Å². The molecule has 0 bridgehead atoms. The van der Waals surface area contributed by atoms with Crippen LogP contribution >= 0.6 is 0 Å². The predicted octanol–water partition coefficient (Wildman–Crippen LogP) is 1.63. The van der Waals surface area contributed by atoms with Gasteiger partial charge in [0, 0.05) is 6.04 Å². The monoisotopic (exact) mass is 219 g/mol. The summed E-state index contributed by atoms with van der Waals surface area (Å²) >= 11 is 0. The average Bonchev–Trinajstić information content (AvgIpc) is 2.70. The lowest BCUT2D eigenvalue weighted by atomic mass is 10.4. The molecule has 0 fully saturated rings. The molecule has 0 radical (unpaired) electrons. The van der Waals surface area contributed by atoms with E-state index in [0.717, 1.165) is 0 Å². The van der Waals surface area contributed by atoms with Gasteiger partial charge in [0.25, 0.3) is 0 Å². The second kappa shape index (κ2) is 4.18. The van der Waals surface area contributed by atoms with Crippen LogP contribution in [0.1, 0.15) is 19.9 Å². The Bertz CT molecular complexity index is 462. The predicted molar refractivity (Wildman–Crippen MR) is 59.1 cm³/mol. The number of hydrogen-bond donors (Lipinski definition) is 1. The van der Waals surface area contributed by atoms with Gasteiger partial charge in [0.2, 0.25) is 0 Å². The molecule has 0 aromatic carbocycles. The van der Waals surface area contributed by atoms with Crippen LogP contribution in [0, 0.1) is 0 Å². The van der Waals surface area contributed by atoms with Crippen molar-refractivity contribution < 1.29 is 4.74 Å². The lowest BCUT2D eigenvalue weighted by Crippen LogP contribution is -1.99. The summed E-state index contributed by atoms with van der Waals surface area (Å²) in [6, 6.07) is 0.558. The normalized spacial score (nSPS) is 10.7. The maximum atomic E-state index is 5.47. The molecule has 2 heterocycles. The average molecular weight is 219 g/mol. The summed E-state index contributed by atoms with van der Waals surface area (Å²) in [6.07, 6.45) is 6.41. The van der Waals surface area contributed by atoms with E-state index < -0.39 is 0 Å². The van der Waals surface area contributed by atoms with Crippen LogP contribution in [0.15, 0.2) is 24.8 Å². The molecular weight excluding hydrogens is 206 g/mol. The van der Waals surface area contributed by atoms with Gasteiger partial charge in [-0.25, -0.2) is 9.97 Å². The minimum atomic E-state index is 0.262. The lowest BCUT2D eigenvalue weighted by molar-refractivity contribution is 0.439. The minimum absolute atomic E-state index is 0.262. The van der Waals surface area contributed by atoms with Crippen molar-refractivity contribution in [3.63, 3.8) is 0 Å². The highest BCUT2D eigenvalue weighted by Gasteiger charge is 2.05. The van der Waals surface area contributed by atoms with E-state index in [-0.39, 0.29) is 6.01 Å². The van der Waals surface area contributed by atoms with Crippen molar-refractivity contribution in [2.45, 2.75) is 19.9 Å². The first-order valence-corrected chi connectivity index (χ1v) is 4.94. The number of nitrogens with zero attached hydrogens (tertiary/aromatic N) is 4. The Hall–Kier alpha value is -2.11. The van der Waals surface area contributed by atoms with E-state index in [1.807, 2.05) is 13.8 Å². The molecule has 0 saturated carbocycles. The maximum absolute atomic E-state index is 5.47. The van der Waals surface area contributed by atoms with Crippen molar-refractivity contribution in [1.29, 1.82) is 0 Å². The number of anilines is 1. The summed E-state index contributed by atoms with van der Waals surface area (Å²) in [4.78, 5) is 7.86. The van der Waals surface area contributed by atoms with Gasteiger partial charge in [-0.1, -0.05) is 0 Å². The first-order chi connectivity index (χ1) is 7.65. The minimum Gasteiger partial charge on any atom is -0.421 e. The molecule has 0 saturated heterocycles. The third-order valence-corrected chi connectivity index (χ3v) is 1.96. The largest absolute Gasteiger partial charge is 0.421 e. The van der Waals surface area contributed by atoms with Gasteiger partial charge < -0.3 is 10.5 Å². The van der Waals surface area contributed by atoms with Crippen LogP contribution in [-0.4, -0.2) is 19.7 Å². The Morgan fingerprint density at radius 2 is 1.94 bits per heavy atom. The molecule has 6 heteroatoms. The Morgan fingerprint density at radius 3 is 2.50 bits per heavy atom. The quantitative estimate of drug-likeness (QED) is 0.848. The van der Waals surface area contributed by atoms with E-state index in [1.54, 1.807) is 17.1 Å². The van der Waals surface area contributed by atoms with Crippen molar-refractivity contribution in [2.75, 3.05) is 5.73 Å². The molecule has 0 aliphatic heterocycles. The third kappa shape index (κ3) is 2.28. The van der Waals surface area contributed by atoms with Crippen LogP contribution in [0.25, 0.3) is 0 Å². The Morgan fingerprint density at radius 1 is 1.25 bits per heavy atom. The number of ether oxygens (including phenoxy) is 1. The molecule has 84 valence electrons. The summed E-state index contributed by atoms with van der Waals surface area (Å²) in [5, 5.41) is 4.14. The van der Waals surface area contributed by atoms with Gasteiger partial charge in [-0.3, -0.25) is 4.68 Å². The van der Waals surface area contributed by atoms with Gasteiger partial charge in [-0.05, 0) is 13.8 Å². The van der Waals surface area contributed by atoms with Gasteiger partial charge in [0.05, 0.1) is 30.5 Å². The zero-order valence-corrected chi connectivity index (χ0v) is 9.16. The van der Waals surface area contributed by atoms with Gasteiger partial charge in [0.1, 0.15) is 0 Å². The molecule has 2 aromatic rings. The summed E-state index contributed by atoms with van der Waals surface area (Å²) in [7, 11) is 0. The zero-order valence-electron chi connectivity index (χ0n) is 9.16. The number of rotatable bonds is 3. The van der Waals surface area contributed by atoms with Crippen molar-refractivity contribution >= 4 is 5.69 Å². The third-order valence-electron chi connectivity index (χ3n) is 1.96. The van der Waals surface area contributed by atoms with Crippen LogP contribution in [0.5, 0.6) is 11.8 Å². The topological polar surface area (TPSA) is 78.9 Å². The second-order valence-corrected chi connectivity index (χ2v) is 3.65. The lowest BCUT2D eigenvalue weighted by Gasteiger charge is -2.03. The molecule has 2 N–H and O–H groups in total. The van der Waals surface area contributed by atoms with E-state index in [4.69, 9.17) is 10.5 Å². The number of aromatic nitrogens is 4. The van der Waals surface area contributed by atoms with Crippen LogP contribution in [0.2, 0.25) is 0 Å². The Balaban J connectivity index is 2.11. The van der Waals surface area contributed by atoms with E-state index in [9.17, 15) is 0 Å². The highest BCUT2D eigenvalue weighted by atomic mass is 16.5. The Labute approximate surface area is 93.1 Å². The van der Waals surface area contributed by atoms with Gasteiger partial charge >= 0.3 is 6.01 Å². The van der Waals surface area contributed by atoms with Crippen molar-refractivity contribution in [3.8, 4) is 11.8 Å². The highest BCUT2D eigenvalue weighted by Crippen LogP contribution is 2.18. The summed E-state index contributed by atoms with van der Waals surface area (Å²) in [5.74, 6) is 0.610. The van der Waals surface area contributed by atoms with Crippen molar-refractivity contribution in [3.05, 3.63) is 24.8 Å². The summed E-state index contributed by atoms with van der Waals surface area (Å²) in [6.45, 7) is 4.08. The zero-order chi connectivity index (χ0) is 11.5. The summed E-state index contributed by atoms with van der Waals surface area (Å²) < 4.78 is 7.20. The molecule has 2 aromatic heterocycles. The maximum Gasteiger partial charge on any atom is 0.322 e. The van der Waals surface area contributed by atoms with Crippen LogP contribution in [-0.2, 0) is 0 Å². The second-order valence-electron chi connectivity index (χ2n) is 3.65. The molecule has 16 heavy (non-hydrogen) atoms. The molecule has 6 nitrogen and oxygen atoms in total. The molecule has 0 unspecified atom stereocenters. The van der Waals surface area contributed by atoms with Crippen molar-refractivity contribution in [1.82, 2.24) is 19.7 Å². The standard InChI is InChI=1S/C10H13N5O/c1-7(2)15-6-9(5-14-15)16-10-12-3-8(11)4-13-10/h3-7H,11H2,1-2H3. The van der Waals surface area contributed by atoms with E-state index in [2.05, 4.69) is 15.1 Å². The first-order valence-electron chi connectivity index (χ1n) is 4.94. The first kappa shape index (κ1) is 10.4. The molecule has 2 rings (SSSR count). The molecule has 0 amide bonds. The molecule has 0 aliphatic rings. The Kier molecular flexibility index (Phi) is 2.72. The van der Waals surface area contributed by atoms with Crippen LogP contribution < -0.4 is 10.5 Å². The fourth-order valence-corrected chi connectivity index (χ4v) is 1.14. The fraction of sp³-hybridized carbons (Fsp3) is 0.300. The van der Waals surface area contributed by atoms with E-state index in [1.165, 1.54) is 12.4 Å². The number of nitrogen functional groups attached to an aromatic ring is 1. The van der Waals surface area contributed by atoms with E-state index >= 15 is 0 Å².